The molecule has 5 heteroatoms. The molecule has 1 fully saturated rings. The summed E-state index contributed by atoms with van der Waals surface area (Å²) >= 11 is 0. The number of aryl methyl sites for hydroxylation is 1. The van der Waals surface area contributed by atoms with Crippen molar-refractivity contribution in [2.24, 2.45) is 11.8 Å². The number of hydrogen-bond donors (Lipinski definition) is 0. The maximum Gasteiger partial charge on any atom is 0.255 e. The highest BCUT2D eigenvalue weighted by atomic mass is 16.2. The molecular formula is C28H34N4O. The molecule has 0 aliphatic carbocycles. The number of carbonyl (C=O) groups is 1. The van der Waals surface area contributed by atoms with Gasteiger partial charge in [0.1, 0.15) is 5.65 Å². The van der Waals surface area contributed by atoms with Crippen molar-refractivity contribution in [1.29, 1.82) is 0 Å². The summed E-state index contributed by atoms with van der Waals surface area (Å²) in [6.45, 7) is 9.94. The van der Waals surface area contributed by atoms with Crippen LogP contribution in [0.1, 0.15) is 50.8 Å². The first-order valence-electron chi connectivity index (χ1n) is 12.3. The largest absolute Gasteiger partial charge is 0.306 e. The Morgan fingerprint density at radius 2 is 1.94 bits per heavy atom. The van der Waals surface area contributed by atoms with Gasteiger partial charge < -0.3 is 9.30 Å². The Morgan fingerprint density at radius 1 is 1.12 bits per heavy atom. The van der Waals surface area contributed by atoms with Gasteiger partial charge >= 0.3 is 0 Å². The highest BCUT2D eigenvalue weighted by Crippen LogP contribution is 2.34. The number of piperidine rings is 1. The lowest BCUT2D eigenvalue weighted by atomic mass is 9.87. The number of rotatable bonds is 4. The number of likely N-dealkylation sites (tertiary alicyclic amines) is 1. The molecule has 172 valence electrons. The Labute approximate surface area is 196 Å². The summed E-state index contributed by atoms with van der Waals surface area (Å²) < 4.78 is 2.05. The number of aromatic nitrogens is 2. The summed E-state index contributed by atoms with van der Waals surface area (Å²) in [6.07, 6.45) is 19.1. The molecule has 3 aliphatic rings. The molecule has 1 saturated heterocycles. The van der Waals surface area contributed by atoms with Crippen LogP contribution in [0, 0.1) is 18.8 Å². The molecule has 1 unspecified atom stereocenters. The zero-order valence-electron chi connectivity index (χ0n) is 20.0. The molecule has 2 aromatic heterocycles. The smallest absolute Gasteiger partial charge is 0.255 e. The van der Waals surface area contributed by atoms with Crippen molar-refractivity contribution in [1.82, 2.24) is 19.2 Å². The Hall–Kier alpha value is -2.92. The molecule has 5 heterocycles. The summed E-state index contributed by atoms with van der Waals surface area (Å²) in [4.78, 5) is 22.4. The number of allylic oxidation sites excluding steroid dienone is 5. The number of amides is 1. The molecule has 1 atom stereocenters. The molecule has 0 N–H and O–H groups in total. The van der Waals surface area contributed by atoms with E-state index in [9.17, 15) is 4.79 Å². The first-order chi connectivity index (χ1) is 16.0. The molecule has 0 bridgehead atoms. The predicted molar refractivity (Wildman–Crippen MR) is 133 cm³/mol. The summed E-state index contributed by atoms with van der Waals surface area (Å²) in [6, 6.07) is 4.12. The van der Waals surface area contributed by atoms with Crippen molar-refractivity contribution in [2.45, 2.75) is 46.5 Å². The Bertz CT molecular complexity index is 1170. The fraction of sp³-hybridized carbons (Fsp3) is 0.429. The van der Waals surface area contributed by atoms with Crippen LogP contribution in [-0.2, 0) is 4.79 Å². The lowest BCUT2D eigenvalue weighted by molar-refractivity contribution is -0.122. The number of fused-ring (bicyclic) bond motifs is 2. The van der Waals surface area contributed by atoms with Gasteiger partial charge in [-0.1, -0.05) is 26.0 Å². The third-order valence-corrected chi connectivity index (χ3v) is 7.23. The first kappa shape index (κ1) is 21.9. The van der Waals surface area contributed by atoms with Gasteiger partial charge in [-0.25, -0.2) is 4.98 Å². The molecule has 0 aromatic carbocycles. The van der Waals surface area contributed by atoms with E-state index >= 15 is 0 Å². The minimum atomic E-state index is 0.0370. The molecule has 33 heavy (non-hydrogen) atoms. The lowest BCUT2D eigenvalue weighted by Crippen LogP contribution is -2.35. The van der Waals surface area contributed by atoms with E-state index in [4.69, 9.17) is 0 Å². The topological polar surface area (TPSA) is 40.8 Å². The zero-order chi connectivity index (χ0) is 22.9. The molecule has 3 aliphatic heterocycles. The maximum atomic E-state index is 13.5. The van der Waals surface area contributed by atoms with E-state index < -0.39 is 0 Å². The van der Waals surface area contributed by atoms with Gasteiger partial charge in [0.15, 0.2) is 0 Å². The minimum absolute atomic E-state index is 0.0370. The van der Waals surface area contributed by atoms with Crippen LogP contribution in [0.25, 0.3) is 11.2 Å². The average Bonchev–Trinajstić information content (AvgIpc) is 3.20. The monoisotopic (exact) mass is 442 g/mol. The third kappa shape index (κ3) is 4.47. The molecule has 0 saturated carbocycles. The van der Waals surface area contributed by atoms with Gasteiger partial charge in [0.2, 0.25) is 0 Å². The predicted octanol–water partition coefficient (Wildman–Crippen LogP) is 5.35. The highest BCUT2D eigenvalue weighted by Gasteiger charge is 2.27. The summed E-state index contributed by atoms with van der Waals surface area (Å²) in [5, 5.41) is 0. The second-order valence-corrected chi connectivity index (χ2v) is 9.72. The van der Waals surface area contributed by atoms with Crippen LogP contribution in [0.2, 0.25) is 0 Å². The average molecular weight is 443 g/mol. The van der Waals surface area contributed by atoms with Crippen LogP contribution in [0.4, 0.5) is 0 Å². The number of carbonyl (C=O) groups excluding carboxylic acids is 1. The van der Waals surface area contributed by atoms with E-state index in [2.05, 4.69) is 64.8 Å². The second kappa shape index (κ2) is 9.14. The zero-order valence-corrected chi connectivity index (χ0v) is 20.0. The number of hydrogen-bond acceptors (Lipinski definition) is 3. The van der Waals surface area contributed by atoms with Crippen LogP contribution in [0.5, 0.6) is 0 Å². The number of pyridine rings is 1. The van der Waals surface area contributed by atoms with E-state index in [1.165, 1.54) is 31.4 Å². The van der Waals surface area contributed by atoms with Crippen LogP contribution in [0.3, 0.4) is 0 Å². The fourth-order valence-corrected chi connectivity index (χ4v) is 5.36. The maximum absolute atomic E-state index is 13.5. The molecule has 5 nitrogen and oxygen atoms in total. The van der Waals surface area contributed by atoms with Crippen LogP contribution in [-0.4, -0.2) is 44.7 Å². The minimum Gasteiger partial charge on any atom is -0.306 e. The van der Waals surface area contributed by atoms with Crippen LogP contribution < -0.4 is 0 Å². The highest BCUT2D eigenvalue weighted by molar-refractivity contribution is 5.98. The van der Waals surface area contributed by atoms with Crippen LogP contribution in [0.15, 0.2) is 66.3 Å². The van der Waals surface area contributed by atoms with Crippen molar-refractivity contribution in [2.75, 3.05) is 19.6 Å². The van der Waals surface area contributed by atoms with Gasteiger partial charge in [0.05, 0.1) is 5.69 Å². The summed E-state index contributed by atoms with van der Waals surface area (Å²) in [5.41, 5.74) is 6.38. The standard InChI is InChI=1S/C28H34N4O/c1-4-13-30-14-11-22(12-15-30)23-6-9-25-8-5-20(2)26(16-28(33)32(25)19-23)24-7-10-27-29-21(3)17-31(27)18-24/h6-10,16-20,22H,4-5,11-15H2,1-3H3. The Balaban J connectivity index is 1.41. The van der Waals surface area contributed by atoms with Gasteiger partial charge in [0.25, 0.3) is 5.91 Å². The molecule has 2 aromatic rings. The Morgan fingerprint density at radius 3 is 2.73 bits per heavy atom. The van der Waals surface area contributed by atoms with E-state index in [0.29, 0.717) is 5.92 Å². The van der Waals surface area contributed by atoms with Gasteiger partial charge in [-0.05, 0) is 99.0 Å². The van der Waals surface area contributed by atoms with Gasteiger partial charge in [-0.15, -0.1) is 0 Å². The summed E-state index contributed by atoms with van der Waals surface area (Å²) in [7, 11) is 0. The van der Waals surface area contributed by atoms with Gasteiger partial charge in [-0.3, -0.25) is 9.69 Å². The quantitative estimate of drug-likeness (QED) is 0.641. The third-order valence-electron chi connectivity index (χ3n) is 7.23. The van der Waals surface area contributed by atoms with Crippen molar-refractivity contribution < 1.29 is 4.79 Å². The molecule has 1 amide bonds. The van der Waals surface area contributed by atoms with E-state index in [-0.39, 0.29) is 11.8 Å². The molecular weight excluding hydrogens is 408 g/mol. The lowest BCUT2D eigenvalue weighted by Gasteiger charge is -2.34. The van der Waals surface area contributed by atoms with Crippen molar-refractivity contribution in [3.63, 3.8) is 0 Å². The van der Waals surface area contributed by atoms with Gasteiger partial charge in [0, 0.05) is 30.4 Å². The normalized spacial score (nSPS) is 22.5. The number of imidazole rings is 1. The van der Waals surface area contributed by atoms with Crippen molar-refractivity contribution in [3.8, 4) is 0 Å². The van der Waals surface area contributed by atoms with Crippen molar-refractivity contribution >= 4 is 17.1 Å². The van der Waals surface area contributed by atoms with Crippen molar-refractivity contribution in [3.05, 3.63) is 77.6 Å². The molecule has 0 radical (unpaired) electrons. The van der Waals surface area contributed by atoms with Gasteiger partial charge in [-0.2, -0.15) is 0 Å². The first-order valence-corrected chi connectivity index (χ1v) is 12.3. The summed E-state index contributed by atoms with van der Waals surface area (Å²) in [5.74, 6) is 0.825. The second-order valence-electron chi connectivity index (χ2n) is 9.72. The molecule has 5 rings (SSSR count). The van der Waals surface area contributed by atoms with E-state index in [1.807, 2.05) is 30.2 Å². The number of nitrogens with zero attached hydrogens (tertiary/aromatic N) is 4. The van der Waals surface area contributed by atoms with Crippen LogP contribution >= 0.6 is 0 Å². The SMILES string of the molecule is CCCN1CCC(C2=CN3C(=O)C=C(c4ccc5nc(C)cn5c4)C(C)CC=C3C=C2)CC1. The van der Waals surface area contributed by atoms with E-state index in [1.54, 1.807) is 0 Å². The fourth-order valence-electron chi connectivity index (χ4n) is 5.36. The van der Waals surface area contributed by atoms with E-state index in [0.717, 1.165) is 47.7 Å². The Kier molecular flexibility index (Phi) is 6.07. The molecule has 0 spiro atoms.